The van der Waals surface area contributed by atoms with Crippen molar-refractivity contribution in [1.29, 1.82) is 0 Å². The molecule has 0 bridgehead atoms. The molecule has 3 nitrogen and oxygen atoms in total. The molecule has 0 N–H and O–H groups in total. The molecule has 1 saturated heterocycles. The lowest BCUT2D eigenvalue weighted by molar-refractivity contribution is -0.0722. The van der Waals surface area contributed by atoms with E-state index in [-0.39, 0.29) is 6.10 Å². The van der Waals surface area contributed by atoms with Crippen molar-refractivity contribution in [3.8, 4) is 0 Å². The maximum absolute atomic E-state index is 5.73. The van der Waals surface area contributed by atoms with E-state index in [1.807, 2.05) is 0 Å². The molecule has 1 unspecified atom stereocenters. The van der Waals surface area contributed by atoms with Gasteiger partial charge in [-0.25, -0.2) is 0 Å². The summed E-state index contributed by atoms with van der Waals surface area (Å²) in [6.45, 7) is 12.4. The van der Waals surface area contributed by atoms with Crippen LogP contribution in [0.25, 0.3) is 0 Å². The van der Waals surface area contributed by atoms with Gasteiger partial charge in [-0.2, -0.15) is 0 Å². The molecule has 1 rings (SSSR count). The minimum absolute atomic E-state index is 0.282. The SMILES string of the molecule is CCCCCN1CCOC(COCC(C)C)C1. The standard InChI is InChI=1S/C14H29NO2/c1-4-5-6-7-15-8-9-17-14(10-15)12-16-11-13(2)3/h13-14H,4-12H2,1-3H3. The molecule has 0 amide bonds. The third-order valence-corrected chi connectivity index (χ3v) is 3.06. The summed E-state index contributed by atoms with van der Waals surface area (Å²) in [5, 5.41) is 0. The van der Waals surface area contributed by atoms with Crippen LogP contribution in [0.4, 0.5) is 0 Å². The van der Waals surface area contributed by atoms with Gasteiger partial charge in [-0.05, 0) is 18.9 Å². The predicted molar refractivity (Wildman–Crippen MR) is 71.4 cm³/mol. The maximum Gasteiger partial charge on any atom is 0.0935 e. The van der Waals surface area contributed by atoms with Gasteiger partial charge in [0.1, 0.15) is 0 Å². The number of rotatable bonds is 8. The van der Waals surface area contributed by atoms with Gasteiger partial charge in [0, 0.05) is 19.7 Å². The molecule has 0 aromatic carbocycles. The number of hydrogen-bond donors (Lipinski definition) is 0. The Kier molecular flexibility index (Phi) is 7.82. The molecule has 0 aromatic heterocycles. The van der Waals surface area contributed by atoms with E-state index in [0.717, 1.165) is 32.9 Å². The van der Waals surface area contributed by atoms with Crippen LogP contribution < -0.4 is 0 Å². The van der Waals surface area contributed by atoms with Crippen molar-refractivity contribution in [1.82, 2.24) is 4.90 Å². The Hall–Kier alpha value is -0.120. The number of morpholine rings is 1. The summed E-state index contributed by atoms with van der Waals surface area (Å²) >= 11 is 0. The average molecular weight is 243 g/mol. The van der Waals surface area contributed by atoms with Crippen molar-refractivity contribution >= 4 is 0 Å². The number of unbranched alkanes of at least 4 members (excludes halogenated alkanes) is 2. The van der Waals surface area contributed by atoms with Gasteiger partial charge >= 0.3 is 0 Å². The number of nitrogens with zero attached hydrogens (tertiary/aromatic N) is 1. The summed E-state index contributed by atoms with van der Waals surface area (Å²) < 4.78 is 11.4. The molecule has 3 heteroatoms. The van der Waals surface area contributed by atoms with Crippen molar-refractivity contribution in [3.63, 3.8) is 0 Å². The van der Waals surface area contributed by atoms with Crippen LogP contribution in [0, 0.1) is 5.92 Å². The predicted octanol–water partition coefficient (Wildman–Crippen LogP) is 2.55. The molecule has 0 aromatic rings. The molecular weight excluding hydrogens is 214 g/mol. The normalized spacial score (nSPS) is 22.2. The fourth-order valence-electron chi connectivity index (χ4n) is 2.10. The fraction of sp³-hybridized carbons (Fsp3) is 1.00. The first-order valence-electron chi connectivity index (χ1n) is 7.14. The Morgan fingerprint density at radius 2 is 2.18 bits per heavy atom. The summed E-state index contributed by atoms with van der Waals surface area (Å²) in [5.74, 6) is 0.610. The molecule has 1 heterocycles. The van der Waals surface area contributed by atoms with E-state index in [0.29, 0.717) is 5.92 Å². The topological polar surface area (TPSA) is 21.7 Å². The lowest BCUT2D eigenvalue weighted by Gasteiger charge is -2.32. The van der Waals surface area contributed by atoms with E-state index >= 15 is 0 Å². The monoisotopic (exact) mass is 243 g/mol. The van der Waals surface area contributed by atoms with Crippen molar-refractivity contribution in [3.05, 3.63) is 0 Å². The third-order valence-electron chi connectivity index (χ3n) is 3.06. The highest BCUT2D eigenvalue weighted by Crippen LogP contribution is 2.08. The van der Waals surface area contributed by atoms with E-state index < -0.39 is 0 Å². The molecule has 1 atom stereocenters. The van der Waals surface area contributed by atoms with E-state index in [4.69, 9.17) is 9.47 Å². The second-order valence-corrected chi connectivity index (χ2v) is 5.43. The highest BCUT2D eigenvalue weighted by atomic mass is 16.5. The molecule has 1 aliphatic heterocycles. The Bertz CT molecular complexity index is 185. The van der Waals surface area contributed by atoms with E-state index in [1.54, 1.807) is 0 Å². The summed E-state index contributed by atoms with van der Waals surface area (Å²) in [7, 11) is 0. The maximum atomic E-state index is 5.73. The van der Waals surface area contributed by atoms with Crippen molar-refractivity contribution < 1.29 is 9.47 Å². The molecule has 0 radical (unpaired) electrons. The van der Waals surface area contributed by atoms with Crippen LogP contribution in [0.15, 0.2) is 0 Å². The van der Waals surface area contributed by atoms with Gasteiger partial charge in [-0.3, -0.25) is 4.90 Å². The summed E-state index contributed by atoms with van der Waals surface area (Å²) in [6.07, 6.45) is 4.23. The first kappa shape index (κ1) is 14.9. The van der Waals surface area contributed by atoms with E-state index in [2.05, 4.69) is 25.7 Å². The fourth-order valence-corrected chi connectivity index (χ4v) is 2.10. The average Bonchev–Trinajstić information content (AvgIpc) is 2.29. The van der Waals surface area contributed by atoms with Gasteiger partial charge in [-0.1, -0.05) is 33.6 Å². The highest BCUT2D eigenvalue weighted by molar-refractivity contribution is 4.71. The minimum Gasteiger partial charge on any atom is -0.378 e. The third kappa shape index (κ3) is 7.02. The Morgan fingerprint density at radius 3 is 2.88 bits per heavy atom. The van der Waals surface area contributed by atoms with Crippen molar-refractivity contribution in [2.75, 3.05) is 39.5 Å². The quantitative estimate of drug-likeness (QED) is 0.612. The lowest BCUT2D eigenvalue weighted by Crippen LogP contribution is -2.44. The van der Waals surface area contributed by atoms with E-state index in [1.165, 1.54) is 25.8 Å². The molecule has 1 fully saturated rings. The zero-order chi connectivity index (χ0) is 12.5. The van der Waals surface area contributed by atoms with Gasteiger partial charge in [0.05, 0.1) is 19.3 Å². The van der Waals surface area contributed by atoms with Crippen LogP contribution in [0.5, 0.6) is 0 Å². The molecule has 0 saturated carbocycles. The van der Waals surface area contributed by atoms with Gasteiger partial charge in [0.2, 0.25) is 0 Å². The largest absolute Gasteiger partial charge is 0.378 e. The van der Waals surface area contributed by atoms with Crippen LogP contribution in [0.3, 0.4) is 0 Å². The Morgan fingerprint density at radius 1 is 1.35 bits per heavy atom. The highest BCUT2D eigenvalue weighted by Gasteiger charge is 2.20. The van der Waals surface area contributed by atoms with Gasteiger partial charge < -0.3 is 9.47 Å². The first-order valence-corrected chi connectivity index (χ1v) is 7.14. The summed E-state index contributed by atoms with van der Waals surface area (Å²) in [5.41, 5.74) is 0. The second kappa shape index (κ2) is 8.90. The number of ether oxygens (including phenoxy) is 2. The minimum atomic E-state index is 0.282. The molecule has 17 heavy (non-hydrogen) atoms. The van der Waals surface area contributed by atoms with Crippen LogP contribution >= 0.6 is 0 Å². The molecule has 0 aliphatic carbocycles. The Balaban J connectivity index is 2.10. The van der Waals surface area contributed by atoms with Crippen molar-refractivity contribution in [2.24, 2.45) is 5.92 Å². The molecule has 102 valence electrons. The van der Waals surface area contributed by atoms with Gasteiger partial charge in [0.25, 0.3) is 0 Å². The van der Waals surface area contributed by atoms with Gasteiger partial charge in [0.15, 0.2) is 0 Å². The summed E-state index contributed by atoms with van der Waals surface area (Å²) in [6, 6.07) is 0. The smallest absolute Gasteiger partial charge is 0.0935 e. The summed E-state index contributed by atoms with van der Waals surface area (Å²) in [4.78, 5) is 2.52. The Labute approximate surface area is 106 Å². The van der Waals surface area contributed by atoms with Crippen LogP contribution in [-0.4, -0.2) is 50.5 Å². The number of hydrogen-bond acceptors (Lipinski definition) is 3. The second-order valence-electron chi connectivity index (χ2n) is 5.43. The van der Waals surface area contributed by atoms with E-state index in [9.17, 15) is 0 Å². The van der Waals surface area contributed by atoms with Gasteiger partial charge in [-0.15, -0.1) is 0 Å². The molecule has 1 aliphatic rings. The molecule has 0 spiro atoms. The first-order chi connectivity index (χ1) is 8.22. The van der Waals surface area contributed by atoms with Crippen molar-refractivity contribution in [2.45, 2.75) is 46.1 Å². The zero-order valence-electron chi connectivity index (χ0n) is 11.8. The molecular formula is C14H29NO2. The zero-order valence-corrected chi connectivity index (χ0v) is 11.8. The van der Waals surface area contributed by atoms with Crippen LogP contribution in [0.1, 0.15) is 40.0 Å². The van der Waals surface area contributed by atoms with Crippen LogP contribution in [0.2, 0.25) is 0 Å². The lowest BCUT2D eigenvalue weighted by atomic mass is 10.2. The van der Waals surface area contributed by atoms with Crippen LogP contribution in [-0.2, 0) is 9.47 Å².